The lowest BCUT2D eigenvalue weighted by molar-refractivity contribution is -0.122. The van der Waals surface area contributed by atoms with E-state index in [1.165, 1.54) is 12.8 Å². The Morgan fingerprint density at radius 1 is 1.26 bits per heavy atom. The molecule has 2 aromatic rings. The Hall–Kier alpha value is -2.65. The lowest BCUT2D eigenvalue weighted by Gasteiger charge is -2.29. The van der Waals surface area contributed by atoms with Gasteiger partial charge in [0.15, 0.2) is 0 Å². The molecule has 1 heterocycles. The highest BCUT2D eigenvalue weighted by Crippen LogP contribution is 2.29. The third-order valence-electron chi connectivity index (χ3n) is 5.56. The van der Waals surface area contributed by atoms with Gasteiger partial charge in [-0.25, -0.2) is 0 Å². The van der Waals surface area contributed by atoms with Crippen LogP contribution in [-0.2, 0) is 11.3 Å². The molecule has 162 valence electrons. The van der Waals surface area contributed by atoms with Crippen molar-refractivity contribution >= 4 is 17.5 Å². The van der Waals surface area contributed by atoms with Crippen LogP contribution in [0.2, 0.25) is 5.02 Å². The van der Waals surface area contributed by atoms with E-state index < -0.39 is 0 Å². The molecule has 0 radical (unpaired) electrons. The number of benzene rings is 2. The van der Waals surface area contributed by atoms with Crippen molar-refractivity contribution in [3.8, 4) is 6.07 Å². The highest BCUT2D eigenvalue weighted by atomic mass is 35.5. The Morgan fingerprint density at radius 3 is 2.74 bits per heavy atom. The van der Waals surface area contributed by atoms with Crippen LogP contribution in [0.25, 0.3) is 0 Å². The van der Waals surface area contributed by atoms with E-state index in [1.807, 2.05) is 47.4 Å². The van der Waals surface area contributed by atoms with E-state index in [9.17, 15) is 4.79 Å². The van der Waals surface area contributed by atoms with Crippen LogP contribution in [0.1, 0.15) is 35.6 Å². The molecule has 0 aliphatic carbocycles. The van der Waals surface area contributed by atoms with Gasteiger partial charge in [-0.05, 0) is 55.3 Å². The van der Waals surface area contributed by atoms with Gasteiger partial charge in [-0.1, -0.05) is 48.0 Å². The second-order valence-electron chi connectivity index (χ2n) is 7.85. The third kappa shape index (κ3) is 6.67. The molecule has 2 aromatic carbocycles. The molecule has 0 bridgehead atoms. The van der Waals surface area contributed by atoms with Crippen LogP contribution >= 0.6 is 11.6 Å². The number of nitrogens with zero attached hydrogens (tertiary/aromatic N) is 3. The molecule has 1 fully saturated rings. The zero-order valence-electron chi connectivity index (χ0n) is 17.8. The third-order valence-corrected chi connectivity index (χ3v) is 5.90. The largest absolute Gasteiger partial charge is 0.353 e. The van der Waals surface area contributed by atoms with Gasteiger partial charge in [0.25, 0.3) is 0 Å². The number of halogens is 1. The highest BCUT2D eigenvalue weighted by Gasteiger charge is 2.25. The van der Waals surface area contributed by atoms with Crippen LogP contribution in [0.15, 0.2) is 61.2 Å². The lowest BCUT2D eigenvalue weighted by Crippen LogP contribution is -2.41. The normalized spacial score (nSPS) is 14.9. The van der Waals surface area contributed by atoms with E-state index in [-0.39, 0.29) is 18.5 Å². The zero-order valence-corrected chi connectivity index (χ0v) is 18.5. The van der Waals surface area contributed by atoms with Crippen molar-refractivity contribution in [2.24, 2.45) is 0 Å². The summed E-state index contributed by atoms with van der Waals surface area (Å²) in [6.07, 6.45) is 4.13. The summed E-state index contributed by atoms with van der Waals surface area (Å²) in [6.45, 7) is 7.80. The SMILES string of the molecule is C=CCN(CC(=O)NCC(c1ccccc1Cl)N1CCCC1)Cc1cccc(C#N)c1. The summed E-state index contributed by atoms with van der Waals surface area (Å²) in [7, 11) is 0. The number of carbonyl (C=O) groups is 1. The monoisotopic (exact) mass is 436 g/mol. The van der Waals surface area contributed by atoms with Gasteiger partial charge < -0.3 is 5.32 Å². The maximum atomic E-state index is 12.8. The van der Waals surface area contributed by atoms with Gasteiger partial charge >= 0.3 is 0 Å². The molecule has 1 saturated heterocycles. The number of carbonyl (C=O) groups excluding carboxylic acids is 1. The van der Waals surface area contributed by atoms with E-state index in [2.05, 4.69) is 22.9 Å². The van der Waals surface area contributed by atoms with Crippen molar-refractivity contribution in [2.45, 2.75) is 25.4 Å². The molecule has 1 atom stereocenters. The second-order valence-corrected chi connectivity index (χ2v) is 8.26. The van der Waals surface area contributed by atoms with Gasteiger partial charge in [-0.15, -0.1) is 6.58 Å². The molecule has 5 nitrogen and oxygen atoms in total. The van der Waals surface area contributed by atoms with Crippen molar-refractivity contribution in [2.75, 3.05) is 32.7 Å². The zero-order chi connectivity index (χ0) is 22.1. The molecule has 1 amide bonds. The Morgan fingerprint density at radius 2 is 2.03 bits per heavy atom. The maximum absolute atomic E-state index is 12.8. The fraction of sp³-hybridized carbons (Fsp3) is 0.360. The van der Waals surface area contributed by atoms with Gasteiger partial charge in [0.05, 0.1) is 24.2 Å². The number of nitrogens with one attached hydrogen (secondary N) is 1. The summed E-state index contributed by atoms with van der Waals surface area (Å²) in [5.74, 6) is -0.0328. The Bertz CT molecular complexity index is 933. The predicted molar refractivity (Wildman–Crippen MR) is 125 cm³/mol. The first-order valence-electron chi connectivity index (χ1n) is 10.7. The minimum atomic E-state index is -0.0328. The van der Waals surface area contributed by atoms with Crippen LogP contribution < -0.4 is 5.32 Å². The van der Waals surface area contributed by atoms with Gasteiger partial charge in [-0.2, -0.15) is 5.26 Å². The van der Waals surface area contributed by atoms with E-state index in [0.717, 1.165) is 29.2 Å². The number of amides is 1. The Labute approximate surface area is 189 Å². The summed E-state index contributed by atoms with van der Waals surface area (Å²) >= 11 is 6.47. The molecular formula is C25H29ClN4O. The van der Waals surface area contributed by atoms with Gasteiger partial charge in [-0.3, -0.25) is 14.6 Å². The number of rotatable bonds is 10. The minimum Gasteiger partial charge on any atom is -0.353 e. The van der Waals surface area contributed by atoms with Crippen LogP contribution in [0.4, 0.5) is 0 Å². The number of nitriles is 1. The second kappa shape index (κ2) is 11.7. The van der Waals surface area contributed by atoms with Gasteiger partial charge in [0, 0.05) is 24.7 Å². The van der Waals surface area contributed by atoms with Crippen molar-refractivity contribution in [3.63, 3.8) is 0 Å². The smallest absolute Gasteiger partial charge is 0.234 e. The highest BCUT2D eigenvalue weighted by molar-refractivity contribution is 6.31. The molecule has 1 aliphatic rings. The Kier molecular flexibility index (Phi) is 8.66. The molecule has 1 unspecified atom stereocenters. The number of hydrogen-bond donors (Lipinski definition) is 1. The van der Waals surface area contributed by atoms with Crippen molar-refractivity contribution < 1.29 is 4.79 Å². The Balaban J connectivity index is 1.63. The first kappa shape index (κ1) is 23.0. The first-order chi connectivity index (χ1) is 15.1. The van der Waals surface area contributed by atoms with Crippen LogP contribution in [0.3, 0.4) is 0 Å². The van der Waals surface area contributed by atoms with Crippen LogP contribution in [0, 0.1) is 11.3 Å². The number of likely N-dealkylation sites (tertiary alicyclic amines) is 1. The van der Waals surface area contributed by atoms with Crippen LogP contribution in [0.5, 0.6) is 0 Å². The average molecular weight is 437 g/mol. The van der Waals surface area contributed by atoms with E-state index in [0.29, 0.717) is 25.2 Å². The first-order valence-corrected chi connectivity index (χ1v) is 11.1. The molecule has 0 saturated carbocycles. The molecule has 31 heavy (non-hydrogen) atoms. The van der Waals surface area contributed by atoms with Gasteiger partial charge in [0.2, 0.25) is 5.91 Å². The standard InChI is InChI=1S/C25H29ClN4O/c1-2-12-29(18-21-9-7-8-20(15-21)16-27)19-25(31)28-17-24(30-13-5-6-14-30)22-10-3-4-11-23(22)26/h2-4,7-11,15,24H,1,5-6,12-14,17-19H2,(H,28,31). The average Bonchev–Trinajstić information content (AvgIpc) is 3.30. The summed E-state index contributed by atoms with van der Waals surface area (Å²) in [6, 6.07) is 17.6. The summed E-state index contributed by atoms with van der Waals surface area (Å²) in [4.78, 5) is 17.2. The quantitative estimate of drug-likeness (QED) is 0.568. The molecule has 6 heteroatoms. The molecule has 0 spiro atoms. The van der Waals surface area contributed by atoms with Crippen molar-refractivity contribution in [1.29, 1.82) is 5.26 Å². The summed E-state index contributed by atoms with van der Waals surface area (Å²) < 4.78 is 0. The van der Waals surface area contributed by atoms with Crippen molar-refractivity contribution in [1.82, 2.24) is 15.1 Å². The van der Waals surface area contributed by atoms with E-state index in [1.54, 1.807) is 12.1 Å². The van der Waals surface area contributed by atoms with Crippen LogP contribution in [-0.4, -0.2) is 48.4 Å². The maximum Gasteiger partial charge on any atom is 0.234 e. The molecule has 0 aromatic heterocycles. The van der Waals surface area contributed by atoms with E-state index in [4.69, 9.17) is 16.9 Å². The topological polar surface area (TPSA) is 59.4 Å². The molecule has 1 aliphatic heterocycles. The fourth-order valence-corrected chi connectivity index (χ4v) is 4.33. The van der Waals surface area contributed by atoms with E-state index >= 15 is 0 Å². The predicted octanol–water partition coefficient (Wildman–Crippen LogP) is 4.15. The molecule has 3 rings (SSSR count). The minimum absolute atomic E-state index is 0.0328. The fourth-order valence-electron chi connectivity index (χ4n) is 4.07. The lowest BCUT2D eigenvalue weighted by atomic mass is 10.1. The molecule has 1 N–H and O–H groups in total. The van der Waals surface area contributed by atoms with Crippen molar-refractivity contribution in [3.05, 3.63) is 82.9 Å². The van der Waals surface area contributed by atoms with Gasteiger partial charge in [0.1, 0.15) is 0 Å². The molecular weight excluding hydrogens is 408 g/mol. The number of hydrogen-bond acceptors (Lipinski definition) is 4. The summed E-state index contributed by atoms with van der Waals surface area (Å²) in [5.41, 5.74) is 2.68. The summed E-state index contributed by atoms with van der Waals surface area (Å²) in [5, 5.41) is 13.0.